The molecule has 3 rings (SSSR count). The van der Waals surface area contributed by atoms with Gasteiger partial charge < -0.3 is 34.8 Å². The summed E-state index contributed by atoms with van der Waals surface area (Å²) in [5, 5.41) is 16.7. The van der Waals surface area contributed by atoms with Crippen molar-refractivity contribution in [3.63, 3.8) is 0 Å². The Hall–Kier alpha value is -3.85. The van der Waals surface area contributed by atoms with Crippen LogP contribution in [0.3, 0.4) is 0 Å². The van der Waals surface area contributed by atoms with Gasteiger partial charge in [0, 0.05) is 12.0 Å². The van der Waals surface area contributed by atoms with Gasteiger partial charge in [-0.1, -0.05) is 0 Å². The summed E-state index contributed by atoms with van der Waals surface area (Å²) in [6, 6.07) is 10.3. The minimum atomic E-state index is -0.0849. The normalized spacial score (nSPS) is 16.0. The maximum absolute atomic E-state index is 8.39. The highest BCUT2D eigenvalue weighted by Gasteiger charge is 2.19. The number of amidine groups is 2. The van der Waals surface area contributed by atoms with Crippen LogP contribution in [-0.4, -0.2) is 58.0 Å². The first kappa shape index (κ1) is 23.8. The number of hydrogen-bond donors (Lipinski definition) is 3. The molecule has 1 aliphatic rings. The predicted molar refractivity (Wildman–Crippen MR) is 127 cm³/mol. The number of benzene rings is 2. The molecule has 1 saturated heterocycles. The Morgan fingerprint density at radius 1 is 1.00 bits per heavy atom. The molecule has 0 aliphatic carbocycles. The smallest absolute Gasteiger partial charge is 0.162 e. The second kappa shape index (κ2) is 11.1. The number of hydrogen-bond acceptors (Lipinski definition) is 7. The average Bonchev–Trinajstić information content (AvgIpc) is 3.35. The van der Waals surface area contributed by atoms with Gasteiger partial charge in [0.25, 0.3) is 0 Å². The van der Waals surface area contributed by atoms with Crippen molar-refractivity contribution in [2.75, 3.05) is 34.5 Å². The molecule has 1 aliphatic heterocycles. The van der Waals surface area contributed by atoms with E-state index in [4.69, 9.17) is 40.2 Å². The number of methoxy groups -OCH3 is 3. The van der Waals surface area contributed by atoms with Crippen LogP contribution in [0, 0.1) is 10.8 Å². The van der Waals surface area contributed by atoms with Crippen LogP contribution in [0.2, 0.25) is 0 Å². The predicted octanol–water partition coefficient (Wildman–Crippen LogP) is 3.19. The summed E-state index contributed by atoms with van der Waals surface area (Å²) < 4.78 is 27.2. The lowest BCUT2D eigenvalue weighted by atomic mass is 10.1. The van der Waals surface area contributed by atoms with Gasteiger partial charge in [-0.25, -0.2) is 4.99 Å². The van der Waals surface area contributed by atoms with Gasteiger partial charge in [0.15, 0.2) is 17.3 Å². The molecule has 0 saturated carbocycles. The number of allylic oxidation sites excluding steroid dienone is 1. The van der Waals surface area contributed by atoms with Crippen LogP contribution >= 0.6 is 0 Å². The fourth-order valence-electron chi connectivity index (χ4n) is 3.21. The lowest BCUT2D eigenvalue weighted by molar-refractivity contribution is 0.138. The molecule has 1 heterocycles. The fraction of sp³-hybridized carbons (Fsp3) is 0.292. The van der Waals surface area contributed by atoms with Crippen LogP contribution in [0.25, 0.3) is 0 Å². The number of aliphatic imine (C=N–C) groups is 1. The van der Waals surface area contributed by atoms with E-state index in [0.29, 0.717) is 47.3 Å². The standard InChI is InChI=1S/C24H28N4O5/c1-29-16-5-8-20(30-2)18(13-16)24(27)28-23(26)9-6-19(25)15-4-7-21(31-3)22(12-15)33-17-10-11-32-14-17/h4-9,12-13,17,25H,10-11,14H2,1-3H3,(H3,26,27,28)/b9-6-,25-19?. The lowest BCUT2D eigenvalue weighted by Crippen LogP contribution is -2.16. The first-order valence-electron chi connectivity index (χ1n) is 10.3. The molecule has 4 N–H and O–H groups in total. The molecule has 1 fully saturated rings. The van der Waals surface area contributed by atoms with Crippen molar-refractivity contribution in [2.45, 2.75) is 12.5 Å². The van der Waals surface area contributed by atoms with Crippen LogP contribution in [0.15, 0.2) is 53.5 Å². The summed E-state index contributed by atoms with van der Waals surface area (Å²) in [4.78, 5) is 4.11. The number of nitrogens with one attached hydrogen (secondary N) is 2. The molecule has 1 unspecified atom stereocenters. The summed E-state index contributed by atoms with van der Waals surface area (Å²) in [6.45, 7) is 1.20. The zero-order valence-corrected chi connectivity index (χ0v) is 18.9. The van der Waals surface area contributed by atoms with Gasteiger partial charge >= 0.3 is 0 Å². The van der Waals surface area contributed by atoms with Gasteiger partial charge in [0.1, 0.15) is 23.4 Å². The van der Waals surface area contributed by atoms with Crippen molar-refractivity contribution in [1.82, 2.24) is 0 Å². The molecule has 2 aromatic carbocycles. The van der Waals surface area contributed by atoms with E-state index in [1.165, 1.54) is 19.3 Å². The third kappa shape index (κ3) is 6.11. The van der Waals surface area contributed by atoms with Crippen LogP contribution in [0.4, 0.5) is 0 Å². The summed E-state index contributed by atoms with van der Waals surface area (Å²) in [5.41, 5.74) is 7.25. The van der Waals surface area contributed by atoms with Crippen LogP contribution in [0.5, 0.6) is 23.0 Å². The van der Waals surface area contributed by atoms with E-state index >= 15 is 0 Å². The van der Waals surface area contributed by atoms with E-state index in [-0.39, 0.29) is 23.5 Å². The SMILES string of the molecule is COc1ccc(OC)c(C(=N)N=C(N)/C=C\C(=N)c2ccc(OC)c(OC3CCOC3)c2)c1. The molecule has 0 bridgehead atoms. The third-order valence-electron chi connectivity index (χ3n) is 4.98. The molecule has 0 amide bonds. The van der Waals surface area contributed by atoms with Crippen LogP contribution in [0.1, 0.15) is 17.5 Å². The van der Waals surface area contributed by atoms with Gasteiger partial charge in [-0.3, -0.25) is 5.41 Å². The molecule has 9 nitrogen and oxygen atoms in total. The largest absolute Gasteiger partial charge is 0.497 e. The molecule has 2 aromatic rings. The summed E-state index contributed by atoms with van der Waals surface area (Å²) in [5.74, 6) is 2.18. The van der Waals surface area contributed by atoms with Crippen LogP contribution < -0.4 is 24.7 Å². The molecular formula is C24H28N4O5. The zero-order chi connectivity index (χ0) is 23.8. The van der Waals surface area contributed by atoms with Gasteiger partial charge in [-0.15, -0.1) is 0 Å². The number of ether oxygens (including phenoxy) is 5. The van der Waals surface area contributed by atoms with Crippen molar-refractivity contribution in [3.05, 3.63) is 59.7 Å². The molecule has 1 atom stereocenters. The van der Waals surface area contributed by atoms with Crippen molar-refractivity contribution in [2.24, 2.45) is 10.7 Å². The molecule has 174 valence electrons. The van der Waals surface area contributed by atoms with E-state index in [0.717, 1.165) is 6.42 Å². The average molecular weight is 453 g/mol. The number of rotatable bonds is 9. The fourth-order valence-corrected chi connectivity index (χ4v) is 3.21. The second-order valence-corrected chi connectivity index (χ2v) is 7.17. The van der Waals surface area contributed by atoms with Crippen molar-refractivity contribution >= 4 is 17.4 Å². The highest BCUT2D eigenvalue weighted by atomic mass is 16.6. The Balaban J connectivity index is 1.74. The second-order valence-electron chi connectivity index (χ2n) is 7.17. The highest BCUT2D eigenvalue weighted by Crippen LogP contribution is 2.30. The summed E-state index contributed by atoms with van der Waals surface area (Å²) in [7, 11) is 4.62. The zero-order valence-electron chi connectivity index (χ0n) is 18.9. The van der Waals surface area contributed by atoms with E-state index in [2.05, 4.69) is 4.99 Å². The highest BCUT2D eigenvalue weighted by molar-refractivity contribution is 6.13. The van der Waals surface area contributed by atoms with Crippen molar-refractivity contribution in [1.29, 1.82) is 10.8 Å². The molecule has 0 spiro atoms. The van der Waals surface area contributed by atoms with Crippen molar-refractivity contribution < 1.29 is 23.7 Å². The van der Waals surface area contributed by atoms with E-state index in [1.807, 2.05) is 0 Å². The number of nitrogens with zero attached hydrogens (tertiary/aromatic N) is 1. The first-order chi connectivity index (χ1) is 15.9. The van der Waals surface area contributed by atoms with E-state index in [9.17, 15) is 0 Å². The Labute approximate surface area is 192 Å². The maximum atomic E-state index is 8.39. The summed E-state index contributed by atoms with van der Waals surface area (Å²) >= 11 is 0. The van der Waals surface area contributed by atoms with Gasteiger partial charge in [-0.2, -0.15) is 0 Å². The van der Waals surface area contributed by atoms with Gasteiger partial charge in [0.05, 0.1) is 45.8 Å². The van der Waals surface area contributed by atoms with Gasteiger partial charge in [0.2, 0.25) is 0 Å². The van der Waals surface area contributed by atoms with E-state index < -0.39 is 0 Å². The Kier molecular flexibility index (Phi) is 8.04. The molecule has 0 radical (unpaired) electrons. The first-order valence-corrected chi connectivity index (χ1v) is 10.3. The third-order valence-corrected chi connectivity index (χ3v) is 4.98. The quantitative estimate of drug-likeness (QED) is 0.395. The van der Waals surface area contributed by atoms with Crippen LogP contribution in [-0.2, 0) is 4.74 Å². The Morgan fingerprint density at radius 2 is 1.76 bits per heavy atom. The molecule has 9 heteroatoms. The van der Waals surface area contributed by atoms with E-state index in [1.54, 1.807) is 50.6 Å². The summed E-state index contributed by atoms with van der Waals surface area (Å²) in [6.07, 6.45) is 3.75. The molecule has 0 aromatic heterocycles. The number of nitrogens with two attached hydrogens (primary N) is 1. The monoisotopic (exact) mass is 452 g/mol. The molecule has 33 heavy (non-hydrogen) atoms. The topological polar surface area (TPSA) is 132 Å². The maximum Gasteiger partial charge on any atom is 0.162 e. The minimum Gasteiger partial charge on any atom is -0.497 e. The minimum absolute atomic E-state index is 0.0405. The Bertz CT molecular complexity index is 1070. The van der Waals surface area contributed by atoms with Crippen molar-refractivity contribution in [3.8, 4) is 23.0 Å². The molecular weight excluding hydrogens is 424 g/mol. The Morgan fingerprint density at radius 3 is 2.42 bits per heavy atom. The lowest BCUT2D eigenvalue weighted by Gasteiger charge is -2.15. The van der Waals surface area contributed by atoms with Gasteiger partial charge in [-0.05, 0) is 48.6 Å².